The number of thiocarbonyl (C=S) groups is 1. The second-order valence-electron chi connectivity index (χ2n) is 4.08. The summed E-state index contributed by atoms with van der Waals surface area (Å²) in [7, 11) is 0. The molecular weight excluding hydrogens is 220 g/mol. The van der Waals surface area contributed by atoms with Crippen molar-refractivity contribution in [3.8, 4) is 0 Å². The number of aryl methyl sites for hydroxylation is 1. The van der Waals surface area contributed by atoms with Crippen molar-refractivity contribution >= 4 is 23.2 Å². The first kappa shape index (κ1) is 11.3. The van der Waals surface area contributed by atoms with Gasteiger partial charge in [0.25, 0.3) is 0 Å². The Morgan fingerprint density at radius 1 is 1.56 bits per heavy atom. The second kappa shape index (κ2) is 4.33. The van der Waals surface area contributed by atoms with Crippen molar-refractivity contribution in [1.82, 2.24) is 9.97 Å². The Morgan fingerprint density at radius 3 is 2.75 bits per heavy atom. The third kappa shape index (κ3) is 2.29. The maximum atomic E-state index is 5.61. The summed E-state index contributed by atoms with van der Waals surface area (Å²) in [6.45, 7) is 4.98. The topological polar surface area (TPSA) is 55.0 Å². The molecule has 0 aliphatic heterocycles. The van der Waals surface area contributed by atoms with E-state index < -0.39 is 0 Å². The molecule has 1 aromatic heterocycles. The maximum absolute atomic E-state index is 5.61. The predicted molar refractivity (Wildman–Crippen MR) is 68.7 cm³/mol. The van der Waals surface area contributed by atoms with Crippen LogP contribution >= 0.6 is 12.2 Å². The minimum absolute atomic E-state index is 0.332. The van der Waals surface area contributed by atoms with Crippen LogP contribution in [0.25, 0.3) is 0 Å². The zero-order chi connectivity index (χ0) is 11.7. The largest absolute Gasteiger partial charge is 0.388 e. The number of rotatable bonds is 4. The zero-order valence-corrected chi connectivity index (χ0v) is 10.4. The molecule has 0 atom stereocenters. The molecule has 16 heavy (non-hydrogen) atoms. The minimum atomic E-state index is 0.332. The Bertz CT molecular complexity index is 414. The molecule has 0 saturated heterocycles. The standard InChI is InChI=1S/C11H16N4S/c1-3-15(8-4-5-8)11-13-7(2)6-9(14-11)10(12)16/h6,8H,3-5H2,1-2H3,(H2,12,16). The number of nitrogens with two attached hydrogens (primary N) is 1. The molecule has 0 amide bonds. The van der Waals surface area contributed by atoms with E-state index in [1.165, 1.54) is 12.8 Å². The Morgan fingerprint density at radius 2 is 2.25 bits per heavy atom. The number of nitrogens with zero attached hydrogens (tertiary/aromatic N) is 3. The van der Waals surface area contributed by atoms with Gasteiger partial charge < -0.3 is 10.6 Å². The van der Waals surface area contributed by atoms with Crippen LogP contribution in [-0.4, -0.2) is 27.5 Å². The first-order chi connectivity index (χ1) is 7.61. The lowest BCUT2D eigenvalue weighted by atomic mass is 10.3. The summed E-state index contributed by atoms with van der Waals surface area (Å²) in [5.74, 6) is 0.757. The molecule has 5 heteroatoms. The van der Waals surface area contributed by atoms with Crippen molar-refractivity contribution < 1.29 is 0 Å². The van der Waals surface area contributed by atoms with E-state index >= 15 is 0 Å². The van der Waals surface area contributed by atoms with Crippen LogP contribution < -0.4 is 10.6 Å². The molecule has 2 N–H and O–H groups in total. The highest BCUT2D eigenvalue weighted by atomic mass is 32.1. The molecule has 1 aliphatic carbocycles. The van der Waals surface area contributed by atoms with Crippen molar-refractivity contribution in [2.75, 3.05) is 11.4 Å². The molecule has 0 bridgehead atoms. The van der Waals surface area contributed by atoms with E-state index in [1.807, 2.05) is 13.0 Å². The molecule has 0 unspecified atom stereocenters. The van der Waals surface area contributed by atoms with E-state index in [1.54, 1.807) is 0 Å². The van der Waals surface area contributed by atoms with E-state index in [0.717, 1.165) is 18.2 Å². The van der Waals surface area contributed by atoms with Gasteiger partial charge in [0.05, 0.1) is 0 Å². The average Bonchev–Trinajstić information content (AvgIpc) is 3.02. The molecule has 0 aromatic carbocycles. The smallest absolute Gasteiger partial charge is 0.226 e. The van der Waals surface area contributed by atoms with Gasteiger partial charge in [-0.25, -0.2) is 9.97 Å². The number of aromatic nitrogens is 2. The first-order valence-electron chi connectivity index (χ1n) is 5.54. The molecule has 1 aromatic rings. The molecule has 1 heterocycles. The Kier molecular flexibility index (Phi) is 3.05. The maximum Gasteiger partial charge on any atom is 0.226 e. The number of anilines is 1. The van der Waals surface area contributed by atoms with Gasteiger partial charge in [0.1, 0.15) is 10.7 Å². The summed E-state index contributed by atoms with van der Waals surface area (Å²) in [5.41, 5.74) is 7.18. The lowest BCUT2D eigenvalue weighted by Gasteiger charge is -2.20. The minimum Gasteiger partial charge on any atom is -0.388 e. The van der Waals surface area contributed by atoms with Crippen molar-refractivity contribution in [3.63, 3.8) is 0 Å². The Hall–Kier alpha value is -1.23. The monoisotopic (exact) mass is 236 g/mol. The molecule has 1 fully saturated rings. The highest BCUT2D eigenvalue weighted by Crippen LogP contribution is 2.29. The van der Waals surface area contributed by atoms with Gasteiger partial charge in [-0.2, -0.15) is 0 Å². The van der Waals surface area contributed by atoms with Crippen LogP contribution in [0.4, 0.5) is 5.95 Å². The summed E-state index contributed by atoms with van der Waals surface area (Å²) in [4.78, 5) is 11.4. The van der Waals surface area contributed by atoms with Crippen LogP contribution in [-0.2, 0) is 0 Å². The van der Waals surface area contributed by atoms with Crippen molar-refractivity contribution in [2.24, 2.45) is 5.73 Å². The molecule has 4 nitrogen and oxygen atoms in total. The molecule has 1 saturated carbocycles. The van der Waals surface area contributed by atoms with Crippen LogP contribution in [0.2, 0.25) is 0 Å². The molecule has 0 spiro atoms. The zero-order valence-electron chi connectivity index (χ0n) is 9.60. The van der Waals surface area contributed by atoms with Gasteiger partial charge in [-0.3, -0.25) is 0 Å². The SMILES string of the molecule is CCN(c1nc(C)cc(C(N)=S)n1)C1CC1. The number of hydrogen-bond donors (Lipinski definition) is 1. The lowest BCUT2D eigenvalue weighted by Crippen LogP contribution is -2.28. The van der Waals surface area contributed by atoms with E-state index in [0.29, 0.717) is 16.7 Å². The summed E-state index contributed by atoms with van der Waals surface area (Å²) < 4.78 is 0. The third-order valence-electron chi connectivity index (χ3n) is 2.68. The summed E-state index contributed by atoms with van der Waals surface area (Å²) in [6.07, 6.45) is 2.46. The van der Waals surface area contributed by atoms with Crippen LogP contribution in [0.1, 0.15) is 31.2 Å². The predicted octanol–water partition coefficient (Wildman–Crippen LogP) is 1.41. The lowest BCUT2D eigenvalue weighted by molar-refractivity contribution is 0.782. The molecule has 0 radical (unpaired) electrons. The van der Waals surface area contributed by atoms with Gasteiger partial charge in [-0.1, -0.05) is 12.2 Å². The summed E-state index contributed by atoms with van der Waals surface area (Å²) in [6, 6.07) is 2.43. The third-order valence-corrected chi connectivity index (χ3v) is 2.89. The van der Waals surface area contributed by atoms with E-state index in [2.05, 4.69) is 21.8 Å². The van der Waals surface area contributed by atoms with Crippen molar-refractivity contribution in [1.29, 1.82) is 0 Å². The molecular formula is C11H16N4S. The Balaban J connectivity index is 2.35. The van der Waals surface area contributed by atoms with E-state index in [4.69, 9.17) is 18.0 Å². The fraction of sp³-hybridized carbons (Fsp3) is 0.545. The van der Waals surface area contributed by atoms with E-state index in [-0.39, 0.29) is 0 Å². The van der Waals surface area contributed by atoms with Gasteiger partial charge in [0.15, 0.2) is 0 Å². The normalized spacial score (nSPS) is 14.9. The summed E-state index contributed by atoms with van der Waals surface area (Å²) >= 11 is 4.95. The molecule has 2 rings (SSSR count). The van der Waals surface area contributed by atoms with Gasteiger partial charge in [-0.15, -0.1) is 0 Å². The fourth-order valence-corrected chi connectivity index (χ4v) is 1.86. The van der Waals surface area contributed by atoms with Crippen molar-refractivity contribution in [3.05, 3.63) is 17.5 Å². The van der Waals surface area contributed by atoms with Gasteiger partial charge >= 0.3 is 0 Å². The highest BCUT2D eigenvalue weighted by molar-refractivity contribution is 7.80. The highest BCUT2D eigenvalue weighted by Gasteiger charge is 2.30. The van der Waals surface area contributed by atoms with Crippen LogP contribution in [0.15, 0.2) is 6.07 Å². The quantitative estimate of drug-likeness (QED) is 0.801. The van der Waals surface area contributed by atoms with Crippen LogP contribution in [0.3, 0.4) is 0 Å². The number of hydrogen-bond acceptors (Lipinski definition) is 4. The molecule has 86 valence electrons. The summed E-state index contributed by atoms with van der Waals surface area (Å²) in [5, 5.41) is 0. The van der Waals surface area contributed by atoms with Gasteiger partial charge in [-0.05, 0) is 32.8 Å². The van der Waals surface area contributed by atoms with Gasteiger partial charge in [0, 0.05) is 18.3 Å². The van der Waals surface area contributed by atoms with Crippen molar-refractivity contribution in [2.45, 2.75) is 32.7 Å². The Labute approximate surface area is 101 Å². The van der Waals surface area contributed by atoms with E-state index in [9.17, 15) is 0 Å². The first-order valence-corrected chi connectivity index (χ1v) is 5.94. The second-order valence-corrected chi connectivity index (χ2v) is 4.52. The van der Waals surface area contributed by atoms with Crippen LogP contribution in [0.5, 0.6) is 0 Å². The molecule has 1 aliphatic rings. The van der Waals surface area contributed by atoms with Crippen LogP contribution in [0, 0.1) is 6.92 Å². The fourth-order valence-electron chi connectivity index (χ4n) is 1.76. The average molecular weight is 236 g/mol. The van der Waals surface area contributed by atoms with Gasteiger partial charge in [0.2, 0.25) is 5.95 Å².